The van der Waals surface area contributed by atoms with Gasteiger partial charge in [-0.15, -0.1) is 10.2 Å². The lowest BCUT2D eigenvalue weighted by molar-refractivity contribution is 0.475. The molecule has 3 rings (SSSR count). The van der Waals surface area contributed by atoms with E-state index in [1.807, 2.05) is 18.2 Å². The van der Waals surface area contributed by atoms with Crippen LogP contribution >= 0.6 is 11.6 Å². The van der Waals surface area contributed by atoms with E-state index in [0.717, 1.165) is 5.56 Å². The number of rotatable bonds is 2. The molecule has 2 aromatic carbocycles. The van der Waals surface area contributed by atoms with E-state index in [1.54, 1.807) is 30.3 Å². The van der Waals surface area contributed by atoms with Gasteiger partial charge < -0.3 is 9.52 Å². The number of phenolic OH excluding ortho intramolecular Hbond substituents is 1. The monoisotopic (exact) mass is 272 g/mol. The first kappa shape index (κ1) is 11.7. The summed E-state index contributed by atoms with van der Waals surface area (Å²) >= 11 is 6.07. The second-order valence-corrected chi connectivity index (χ2v) is 4.35. The van der Waals surface area contributed by atoms with Gasteiger partial charge in [0.15, 0.2) is 0 Å². The van der Waals surface area contributed by atoms with Crippen LogP contribution in [0.3, 0.4) is 0 Å². The third-order valence-electron chi connectivity index (χ3n) is 2.64. The molecule has 94 valence electrons. The maximum Gasteiger partial charge on any atom is 0.249 e. The molecule has 0 spiro atoms. The van der Waals surface area contributed by atoms with Crippen molar-refractivity contribution in [3.8, 4) is 28.7 Å². The van der Waals surface area contributed by atoms with Crippen LogP contribution < -0.4 is 0 Å². The summed E-state index contributed by atoms with van der Waals surface area (Å²) in [5.41, 5.74) is 1.44. The number of benzene rings is 2. The minimum Gasteiger partial charge on any atom is -0.508 e. The van der Waals surface area contributed by atoms with Gasteiger partial charge in [0, 0.05) is 5.56 Å². The summed E-state index contributed by atoms with van der Waals surface area (Å²) in [6.45, 7) is 0. The fourth-order valence-electron chi connectivity index (χ4n) is 1.69. The average molecular weight is 273 g/mol. The van der Waals surface area contributed by atoms with Crippen molar-refractivity contribution in [3.05, 3.63) is 53.6 Å². The van der Waals surface area contributed by atoms with E-state index < -0.39 is 0 Å². The zero-order chi connectivity index (χ0) is 13.2. The van der Waals surface area contributed by atoms with Gasteiger partial charge >= 0.3 is 0 Å². The van der Waals surface area contributed by atoms with Crippen molar-refractivity contribution in [2.24, 2.45) is 0 Å². The van der Waals surface area contributed by atoms with Crippen molar-refractivity contribution < 1.29 is 9.52 Å². The van der Waals surface area contributed by atoms with E-state index in [0.29, 0.717) is 22.4 Å². The van der Waals surface area contributed by atoms with Crippen molar-refractivity contribution in [3.63, 3.8) is 0 Å². The van der Waals surface area contributed by atoms with Gasteiger partial charge in [-0.2, -0.15) is 0 Å². The minimum absolute atomic E-state index is 0.189. The third-order valence-corrected chi connectivity index (χ3v) is 2.97. The number of aromatic hydroxyl groups is 1. The summed E-state index contributed by atoms with van der Waals surface area (Å²) in [7, 11) is 0. The predicted octanol–water partition coefficient (Wildman–Crippen LogP) is 3.76. The first-order chi connectivity index (χ1) is 9.24. The molecule has 19 heavy (non-hydrogen) atoms. The molecule has 0 amide bonds. The molecule has 5 heteroatoms. The number of phenols is 1. The lowest BCUT2D eigenvalue weighted by Crippen LogP contribution is -1.78. The van der Waals surface area contributed by atoms with Gasteiger partial charge in [0.25, 0.3) is 0 Å². The van der Waals surface area contributed by atoms with Gasteiger partial charge in [0.1, 0.15) is 5.75 Å². The van der Waals surface area contributed by atoms with Crippen LogP contribution in [-0.2, 0) is 0 Å². The number of halogens is 1. The predicted molar refractivity (Wildman–Crippen MR) is 71.8 cm³/mol. The largest absolute Gasteiger partial charge is 0.508 e. The zero-order valence-electron chi connectivity index (χ0n) is 9.75. The van der Waals surface area contributed by atoms with E-state index in [9.17, 15) is 5.11 Å². The molecule has 4 nitrogen and oxygen atoms in total. The second-order valence-electron chi connectivity index (χ2n) is 3.94. The van der Waals surface area contributed by atoms with Crippen LogP contribution in [0.15, 0.2) is 52.9 Å². The molecule has 1 N–H and O–H groups in total. The summed E-state index contributed by atoms with van der Waals surface area (Å²) in [6, 6.07) is 13.8. The summed E-state index contributed by atoms with van der Waals surface area (Å²) in [4.78, 5) is 0. The SMILES string of the molecule is Oc1ccc(-c2nnc(-c3ccccc3Cl)o2)cc1. The van der Waals surface area contributed by atoms with Crippen molar-refractivity contribution >= 4 is 11.6 Å². The van der Waals surface area contributed by atoms with E-state index in [-0.39, 0.29) is 5.75 Å². The van der Waals surface area contributed by atoms with Crippen LogP contribution in [0.25, 0.3) is 22.9 Å². The van der Waals surface area contributed by atoms with Crippen LogP contribution in [0.4, 0.5) is 0 Å². The first-order valence-corrected chi connectivity index (χ1v) is 5.99. The molecule has 0 aliphatic heterocycles. The Morgan fingerprint density at radius 3 is 2.32 bits per heavy atom. The molecule has 0 fully saturated rings. The lowest BCUT2D eigenvalue weighted by Gasteiger charge is -1.97. The summed E-state index contributed by atoms with van der Waals surface area (Å²) in [5, 5.41) is 17.8. The maximum absolute atomic E-state index is 9.24. The van der Waals surface area contributed by atoms with E-state index in [4.69, 9.17) is 16.0 Å². The van der Waals surface area contributed by atoms with Gasteiger partial charge in [-0.05, 0) is 36.4 Å². The topological polar surface area (TPSA) is 59.2 Å². The molecule has 0 atom stereocenters. The number of hydrogen-bond acceptors (Lipinski definition) is 4. The molecule has 0 radical (unpaired) electrons. The normalized spacial score (nSPS) is 10.6. The van der Waals surface area contributed by atoms with Gasteiger partial charge in [-0.25, -0.2) is 0 Å². The third kappa shape index (κ3) is 2.30. The molecule has 0 bridgehead atoms. The van der Waals surface area contributed by atoms with Crippen LogP contribution in [0.2, 0.25) is 5.02 Å². The molecule has 1 aromatic heterocycles. The number of nitrogens with zero attached hydrogens (tertiary/aromatic N) is 2. The Hall–Kier alpha value is -2.33. The quantitative estimate of drug-likeness (QED) is 0.771. The summed E-state index contributed by atoms with van der Waals surface area (Å²) in [5.74, 6) is 0.943. The summed E-state index contributed by atoms with van der Waals surface area (Å²) in [6.07, 6.45) is 0. The highest BCUT2D eigenvalue weighted by Crippen LogP contribution is 2.29. The number of aromatic nitrogens is 2. The highest BCUT2D eigenvalue weighted by Gasteiger charge is 2.12. The van der Waals surface area contributed by atoms with E-state index >= 15 is 0 Å². The molecule has 0 saturated carbocycles. The molecule has 3 aromatic rings. The Morgan fingerprint density at radius 2 is 1.58 bits per heavy atom. The van der Waals surface area contributed by atoms with Gasteiger partial charge in [-0.3, -0.25) is 0 Å². The van der Waals surface area contributed by atoms with Crippen molar-refractivity contribution in [1.82, 2.24) is 10.2 Å². The van der Waals surface area contributed by atoms with Gasteiger partial charge in [-0.1, -0.05) is 23.7 Å². The molecule has 0 aliphatic rings. The molecular formula is C14H9ClN2O2. The Balaban J connectivity index is 2.00. The maximum atomic E-state index is 9.24. The van der Waals surface area contributed by atoms with Gasteiger partial charge in [0.05, 0.1) is 10.6 Å². The van der Waals surface area contributed by atoms with Crippen molar-refractivity contribution in [1.29, 1.82) is 0 Å². The highest BCUT2D eigenvalue weighted by atomic mass is 35.5. The lowest BCUT2D eigenvalue weighted by atomic mass is 10.2. The fraction of sp³-hybridized carbons (Fsp3) is 0. The van der Waals surface area contributed by atoms with Crippen molar-refractivity contribution in [2.75, 3.05) is 0 Å². The molecule has 1 heterocycles. The zero-order valence-corrected chi connectivity index (χ0v) is 10.5. The fourth-order valence-corrected chi connectivity index (χ4v) is 1.90. The van der Waals surface area contributed by atoms with E-state index in [2.05, 4.69) is 10.2 Å². The van der Waals surface area contributed by atoms with Gasteiger partial charge in [0.2, 0.25) is 11.8 Å². The van der Waals surface area contributed by atoms with Crippen LogP contribution in [0.1, 0.15) is 0 Å². The van der Waals surface area contributed by atoms with Crippen molar-refractivity contribution in [2.45, 2.75) is 0 Å². The van der Waals surface area contributed by atoms with Crippen LogP contribution in [-0.4, -0.2) is 15.3 Å². The second kappa shape index (κ2) is 4.74. The number of hydrogen-bond donors (Lipinski definition) is 1. The summed E-state index contributed by atoms with van der Waals surface area (Å²) < 4.78 is 5.59. The molecular weight excluding hydrogens is 264 g/mol. The highest BCUT2D eigenvalue weighted by molar-refractivity contribution is 6.33. The minimum atomic E-state index is 0.189. The Kier molecular flexibility index (Phi) is 2.93. The standard InChI is InChI=1S/C14H9ClN2O2/c15-12-4-2-1-3-11(12)14-17-16-13(19-14)9-5-7-10(18)8-6-9/h1-8,18H. The average Bonchev–Trinajstić information content (AvgIpc) is 2.89. The van der Waals surface area contributed by atoms with Crippen LogP contribution in [0, 0.1) is 0 Å². The molecule has 0 aliphatic carbocycles. The van der Waals surface area contributed by atoms with Crippen LogP contribution in [0.5, 0.6) is 5.75 Å². The van der Waals surface area contributed by atoms with E-state index in [1.165, 1.54) is 0 Å². The Morgan fingerprint density at radius 1 is 0.895 bits per heavy atom. The first-order valence-electron chi connectivity index (χ1n) is 5.62. The Labute approximate surface area is 114 Å². The molecule has 0 saturated heterocycles. The molecule has 0 unspecified atom stereocenters. The Bertz CT molecular complexity index is 707. The smallest absolute Gasteiger partial charge is 0.249 e.